The Labute approximate surface area is 181 Å². The van der Waals surface area contributed by atoms with Crippen LogP contribution in [0.3, 0.4) is 0 Å². The van der Waals surface area contributed by atoms with Gasteiger partial charge < -0.3 is 14.8 Å². The zero-order chi connectivity index (χ0) is 22.6. The second-order valence-electron chi connectivity index (χ2n) is 6.41. The lowest BCUT2D eigenvalue weighted by atomic mass is 10.2. The number of ether oxygens (including phenoxy) is 2. The minimum absolute atomic E-state index is 0.125. The Morgan fingerprint density at radius 2 is 1.77 bits per heavy atom. The van der Waals surface area contributed by atoms with Crippen molar-refractivity contribution in [2.24, 2.45) is 0 Å². The molecule has 0 spiro atoms. The topological polar surface area (TPSA) is 102 Å². The first kappa shape index (κ1) is 23.1. The minimum atomic E-state index is -3.97. The van der Waals surface area contributed by atoms with Gasteiger partial charge in [-0.05, 0) is 36.4 Å². The van der Waals surface area contributed by atoms with Crippen molar-refractivity contribution in [1.29, 1.82) is 0 Å². The van der Waals surface area contributed by atoms with Crippen LogP contribution in [0.4, 0.5) is 14.5 Å². The molecule has 1 fully saturated rings. The highest BCUT2D eigenvalue weighted by Gasteiger charge is 2.28. The maximum atomic E-state index is 14.1. The highest BCUT2D eigenvalue weighted by Crippen LogP contribution is 2.22. The SMILES string of the molecule is O=C(COC(=O)c1cc(S(=O)(=O)N2CCOCC2)ccc1F)Nc1cc(Cl)ccc1F. The summed E-state index contributed by atoms with van der Waals surface area (Å²) < 4.78 is 64.2. The fourth-order valence-electron chi connectivity index (χ4n) is 2.75. The van der Waals surface area contributed by atoms with E-state index in [1.54, 1.807) is 0 Å². The average molecular weight is 475 g/mol. The molecule has 0 atom stereocenters. The lowest BCUT2D eigenvalue weighted by Crippen LogP contribution is -2.40. The van der Waals surface area contributed by atoms with Gasteiger partial charge in [0.1, 0.15) is 11.6 Å². The number of sulfonamides is 1. The van der Waals surface area contributed by atoms with Crippen LogP contribution in [0.15, 0.2) is 41.3 Å². The van der Waals surface area contributed by atoms with Gasteiger partial charge in [-0.3, -0.25) is 4.79 Å². The van der Waals surface area contributed by atoms with Crippen molar-refractivity contribution in [3.63, 3.8) is 0 Å². The van der Waals surface area contributed by atoms with Gasteiger partial charge in [-0.15, -0.1) is 0 Å². The first-order chi connectivity index (χ1) is 14.7. The number of anilines is 1. The van der Waals surface area contributed by atoms with E-state index in [1.165, 1.54) is 6.07 Å². The quantitative estimate of drug-likeness (QED) is 0.645. The van der Waals surface area contributed by atoms with Gasteiger partial charge in [-0.25, -0.2) is 22.0 Å². The predicted octanol–water partition coefficient (Wildman–Crippen LogP) is 2.43. The van der Waals surface area contributed by atoms with Gasteiger partial charge in [0.15, 0.2) is 6.61 Å². The van der Waals surface area contributed by atoms with E-state index >= 15 is 0 Å². The summed E-state index contributed by atoms with van der Waals surface area (Å²) in [4.78, 5) is 23.9. The third kappa shape index (κ3) is 5.56. The van der Waals surface area contributed by atoms with Gasteiger partial charge >= 0.3 is 5.97 Å². The van der Waals surface area contributed by atoms with Crippen molar-refractivity contribution in [3.8, 4) is 0 Å². The number of esters is 1. The van der Waals surface area contributed by atoms with E-state index in [2.05, 4.69) is 5.32 Å². The summed E-state index contributed by atoms with van der Waals surface area (Å²) in [5, 5.41) is 2.34. The number of halogens is 3. The maximum absolute atomic E-state index is 14.1. The molecule has 8 nitrogen and oxygen atoms in total. The molecule has 0 bridgehead atoms. The first-order valence-corrected chi connectivity index (χ1v) is 10.8. The Hall–Kier alpha value is -2.60. The molecular formula is C19H17ClF2N2O6S. The molecule has 1 heterocycles. The fraction of sp³-hybridized carbons (Fsp3) is 0.263. The van der Waals surface area contributed by atoms with E-state index in [9.17, 15) is 26.8 Å². The third-order valence-corrected chi connectivity index (χ3v) is 6.43. The van der Waals surface area contributed by atoms with Crippen molar-refractivity contribution in [2.75, 3.05) is 38.2 Å². The maximum Gasteiger partial charge on any atom is 0.341 e. The van der Waals surface area contributed by atoms with Crippen molar-refractivity contribution < 1.29 is 36.3 Å². The summed E-state index contributed by atoms with van der Waals surface area (Å²) in [6.07, 6.45) is 0. The van der Waals surface area contributed by atoms with Crippen molar-refractivity contribution in [2.45, 2.75) is 4.90 Å². The van der Waals surface area contributed by atoms with Crippen LogP contribution in [0.25, 0.3) is 0 Å². The Kier molecular flexibility index (Phi) is 7.21. The Balaban J connectivity index is 1.69. The molecule has 0 radical (unpaired) electrons. The van der Waals surface area contributed by atoms with Gasteiger partial charge in [0, 0.05) is 18.1 Å². The molecule has 2 aromatic rings. The molecule has 12 heteroatoms. The molecule has 1 N–H and O–H groups in total. The van der Waals surface area contributed by atoms with Crippen LogP contribution in [0, 0.1) is 11.6 Å². The highest BCUT2D eigenvalue weighted by molar-refractivity contribution is 7.89. The Morgan fingerprint density at radius 3 is 2.48 bits per heavy atom. The number of nitrogens with zero attached hydrogens (tertiary/aromatic N) is 1. The largest absolute Gasteiger partial charge is 0.452 e. The predicted molar refractivity (Wildman–Crippen MR) is 106 cm³/mol. The molecular weight excluding hydrogens is 458 g/mol. The molecule has 2 aromatic carbocycles. The van der Waals surface area contributed by atoms with E-state index in [-0.39, 0.29) is 41.9 Å². The summed E-state index contributed by atoms with van der Waals surface area (Å²) in [5.41, 5.74) is -0.880. The number of carbonyl (C=O) groups is 2. The summed E-state index contributed by atoms with van der Waals surface area (Å²) >= 11 is 5.73. The van der Waals surface area contributed by atoms with Crippen LogP contribution in [-0.2, 0) is 24.3 Å². The number of hydrogen-bond acceptors (Lipinski definition) is 6. The average Bonchev–Trinajstić information content (AvgIpc) is 2.75. The van der Waals surface area contributed by atoms with Gasteiger partial charge in [0.05, 0.1) is 29.4 Å². The second-order valence-corrected chi connectivity index (χ2v) is 8.78. The second kappa shape index (κ2) is 9.69. The van der Waals surface area contributed by atoms with Crippen LogP contribution in [0.2, 0.25) is 5.02 Å². The molecule has 166 valence electrons. The smallest absolute Gasteiger partial charge is 0.341 e. The number of amides is 1. The van der Waals surface area contributed by atoms with Crippen molar-refractivity contribution >= 4 is 39.2 Å². The zero-order valence-electron chi connectivity index (χ0n) is 15.9. The Morgan fingerprint density at radius 1 is 1.10 bits per heavy atom. The lowest BCUT2D eigenvalue weighted by molar-refractivity contribution is -0.119. The first-order valence-electron chi connectivity index (χ1n) is 8.98. The van der Waals surface area contributed by atoms with E-state index < -0.39 is 45.7 Å². The zero-order valence-corrected chi connectivity index (χ0v) is 17.5. The third-order valence-electron chi connectivity index (χ3n) is 4.30. The standard InChI is InChI=1S/C19H17ClF2N2O6S/c20-12-1-3-16(22)17(9-12)23-18(25)11-30-19(26)14-10-13(2-4-15(14)21)31(27,28)24-5-7-29-8-6-24/h1-4,9-10H,5-8,11H2,(H,23,25). The fourth-order valence-corrected chi connectivity index (χ4v) is 4.35. The lowest BCUT2D eigenvalue weighted by Gasteiger charge is -2.26. The summed E-state index contributed by atoms with van der Waals surface area (Å²) in [5.74, 6) is -3.92. The van der Waals surface area contributed by atoms with E-state index in [0.29, 0.717) is 0 Å². The van der Waals surface area contributed by atoms with Gasteiger partial charge in [0.2, 0.25) is 10.0 Å². The van der Waals surface area contributed by atoms with E-state index in [1.807, 2.05) is 0 Å². The van der Waals surface area contributed by atoms with Crippen molar-refractivity contribution in [1.82, 2.24) is 4.31 Å². The van der Waals surface area contributed by atoms with Crippen LogP contribution in [-0.4, -0.2) is 57.5 Å². The Bertz CT molecular complexity index is 1110. The van der Waals surface area contributed by atoms with Gasteiger partial charge in [-0.1, -0.05) is 11.6 Å². The summed E-state index contributed by atoms with van der Waals surface area (Å²) in [7, 11) is -3.97. The number of nitrogens with one attached hydrogen (secondary N) is 1. The molecule has 1 amide bonds. The molecule has 1 saturated heterocycles. The van der Waals surface area contributed by atoms with Crippen LogP contribution >= 0.6 is 11.6 Å². The monoisotopic (exact) mass is 474 g/mol. The highest BCUT2D eigenvalue weighted by atomic mass is 35.5. The number of morpholine rings is 1. The van der Waals surface area contributed by atoms with Gasteiger partial charge in [-0.2, -0.15) is 4.31 Å². The molecule has 0 aliphatic carbocycles. The molecule has 0 unspecified atom stereocenters. The molecule has 1 aliphatic heterocycles. The molecule has 3 rings (SSSR count). The van der Waals surface area contributed by atoms with E-state index in [0.717, 1.165) is 34.6 Å². The van der Waals surface area contributed by atoms with Crippen LogP contribution in [0.5, 0.6) is 0 Å². The number of hydrogen-bond donors (Lipinski definition) is 1. The summed E-state index contributed by atoms with van der Waals surface area (Å²) in [6.45, 7) is -0.167. The molecule has 31 heavy (non-hydrogen) atoms. The molecule has 0 aromatic heterocycles. The molecule has 1 aliphatic rings. The number of carbonyl (C=O) groups excluding carboxylic acids is 2. The van der Waals surface area contributed by atoms with E-state index in [4.69, 9.17) is 21.1 Å². The number of benzene rings is 2. The van der Waals surface area contributed by atoms with Crippen LogP contribution < -0.4 is 5.32 Å². The number of rotatable bonds is 6. The summed E-state index contributed by atoms with van der Waals surface area (Å²) in [6, 6.07) is 6.19. The van der Waals surface area contributed by atoms with Crippen molar-refractivity contribution in [3.05, 3.63) is 58.6 Å². The van der Waals surface area contributed by atoms with Crippen LogP contribution in [0.1, 0.15) is 10.4 Å². The minimum Gasteiger partial charge on any atom is -0.452 e. The normalized spacial score (nSPS) is 14.8. The molecule has 0 saturated carbocycles. The van der Waals surface area contributed by atoms with Gasteiger partial charge in [0.25, 0.3) is 5.91 Å².